The maximum Gasteiger partial charge on any atom is 0.256 e. The summed E-state index contributed by atoms with van der Waals surface area (Å²) in [6, 6.07) is 17.0. The average Bonchev–Trinajstić information content (AvgIpc) is 3.15. The molecule has 0 unspecified atom stereocenters. The summed E-state index contributed by atoms with van der Waals surface area (Å²) in [4.78, 5) is 17.6. The number of rotatable bonds is 5. The minimum atomic E-state index is -0.182. The van der Waals surface area contributed by atoms with Crippen LogP contribution in [0.15, 0.2) is 65.0 Å². The van der Waals surface area contributed by atoms with Gasteiger partial charge in [0.15, 0.2) is 0 Å². The fourth-order valence-corrected chi connectivity index (χ4v) is 3.51. The number of nitrogens with one attached hydrogen (secondary N) is 1. The van der Waals surface area contributed by atoms with Crippen molar-refractivity contribution in [3.8, 4) is 16.6 Å². The lowest BCUT2D eigenvalue weighted by Gasteiger charge is -2.09. The second-order valence-corrected chi connectivity index (χ2v) is 6.72. The molecule has 0 atom stereocenters. The molecule has 0 bridgehead atoms. The number of carbonyl (C=O) groups excluding carboxylic acids is 1. The van der Waals surface area contributed by atoms with Gasteiger partial charge in [-0.1, -0.05) is 12.1 Å². The molecule has 0 radical (unpaired) electrons. The van der Waals surface area contributed by atoms with Gasteiger partial charge in [0.25, 0.3) is 5.91 Å². The SMILES string of the molecule is N#CCSc1ccccc1C(=O)Nc1ccc(-c2nccs2)cc1. The number of carbonyl (C=O) groups is 1. The molecule has 1 aromatic heterocycles. The normalized spacial score (nSPS) is 10.1. The van der Waals surface area contributed by atoms with Crippen LogP contribution in [0.2, 0.25) is 0 Å². The van der Waals surface area contributed by atoms with Crippen molar-refractivity contribution in [2.75, 3.05) is 11.1 Å². The third kappa shape index (κ3) is 3.82. The van der Waals surface area contributed by atoms with E-state index in [2.05, 4.69) is 16.4 Å². The van der Waals surface area contributed by atoms with Crippen LogP contribution in [0.25, 0.3) is 10.6 Å². The van der Waals surface area contributed by atoms with E-state index < -0.39 is 0 Å². The number of amides is 1. The standard InChI is InChI=1S/C18H13N3OS2/c19-9-11-23-16-4-2-1-3-15(16)17(22)21-14-7-5-13(6-8-14)18-20-10-12-24-18/h1-8,10,12H,11H2,(H,21,22). The quantitative estimate of drug-likeness (QED) is 0.678. The van der Waals surface area contributed by atoms with Crippen LogP contribution in [0.4, 0.5) is 5.69 Å². The van der Waals surface area contributed by atoms with Crippen molar-refractivity contribution in [3.05, 3.63) is 65.7 Å². The predicted octanol–water partition coefficient (Wildman–Crippen LogP) is 4.68. The molecule has 0 aliphatic carbocycles. The Morgan fingerprint density at radius 3 is 2.71 bits per heavy atom. The number of aromatic nitrogens is 1. The van der Waals surface area contributed by atoms with Gasteiger partial charge in [0.05, 0.1) is 17.4 Å². The number of anilines is 1. The zero-order valence-corrected chi connectivity index (χ0v) is 14.2. The molecule has 1 heterocycles. The molecule has 118 valence electrons. The van der Waals surface area contributed by atoms with Gasteiger partial charge in [-0.3, -0.25) is 4.79 Å². The lowest BCUT2D eigenvalue weighted by Crippen LogP contribution is -2.12. The summed E-state index contributed by atoms with van der Waals surface area (Å²) >= 11 is 2.93. The number of thiazole rings is 1. The number of hydrogen-bond acceptors (Lipinski definition) is 5. The van der Waals surface area contributed by atoms with Crippen molar-refractivity contribution in [1.82, 2.24) is 4.98 Å². The van der Waals surface area contributed by atoms with E-state index in [4.69, 9.17) is 5.26 Å². The first-order valence-electron chi connectivity index (χ1n) is 7.18. The maximum atomic E-state index is 12.5. The third-order valence-electron chi connectivity index (χ3n) is 3.25. The number of nitriles is 1. The Balaban J connectivity index is 1.74. The van der Waals surface area contributed by atoms with E-state index in [9.17, 15) is 4.79 Å². The average molecular weight is 351 g/mol. The minimum Gasteiger partial charge on any atom is -0.322 e. The van der Waals surface area contributed by atoms with E-state index in [1.54, 1.807) is 23.6 Å². The number of thioether (sulfide) groups is 1. The summed E-state index contributed by atoms with van der Waals surface area (Å²) in [5.41, 5.74) is 2.31. The lowest BCUT2D eigenvalue weighted by molar-refractivity contribution is 0.102. The Morgan fingerprint density at radius 2 is 2.00 bits per heavy atom. The molecule has 1 N–H and O–H groups in total. The number of hydrogen-bond donors (Lipinski definition) is 1. The molecule has 0 aliphatic rings. The van der Waals surface area contributed by atoms with Gasteiger partial charge in [-0.2, -0.15) is 5.26 Å². The zero-order chi connectivity index (χ0) is 16.8. The first kappa shape index (κ1) is 16.2. The molecule has 1 amide bonds. The van der Waals surface area contributed by atoms with Crippen molar-refractivity contribution in [1.29, 1.82) is 5.26 Å². The van der Waals surface area contributed by atoms with E-state index in [1.165, 1.54) is 11.8 Å². The van der Waals surface area contributed by atoms with Crippen LogP contribution in [-0.4, -0.2) is 16.6 Å². The van der Waals surface area contributed by atoms with Crippen molar-refractivity contribution in [2.45, 2.75) is 4.90 Å². The fraction of sp³-hybridized carbons (Fsp3) is 0.0556. The molecule has 0 fully saturated rings. The van der Waals surface area contributed by atoms with Crippen molar-refractivity contribution in [2.24, 2.45) is 0 Å². The van der Waals surface area contributed by atoms with Crippen molar-refractivity contribution >= 4 is 34.7 Å². The monoisotopic (exact) mass is 351 g/mol. The Kier molecular flexibility index (Phi) is 5.26. The third-order valence-corrected chi connectivity index (χ3v) is 5.01. The van der Waals surface area contributed by atoms with Gasteiger partial charge < -0.3 is 5.32 Å². The van der Waals surface area contributed by atoms with Crippen LogP contribution in [0.3, 0.4) is 0 Å². The van der Waals surface area contributed by atoms with Gasteiger partial charge in [-0.05, 0) is 36.4 Å². The topological polar surface area (TPSA) is 65.8 Å². The van der Waals surface area contributed by atoms with Gasteiger partial charge >= 0.3 is 0 Å². The molecule has 4 nitrogen and oxygen atoms in total. The van der Waals surface area contributed by atoms with Gasteiger partial charge in [-0.15, -0.1) is 23.1 Å². The highest BCUT2D eigenvalue weighted by Gasteiger charge is 2.11. The molecule has 24 heavy (non-hydrogen) atoms. The predicted molar refractivity (Wildman–Crippen MR) is 98.3 cm³/mol. The van der Waals surface area contributed by atoms with Crippen molar-refractivity contribution in [3.63, 3.8) is 0 Å². The lowest BCUT2D eigenvalue weighted by atomic mass is 10.2. The van der Waals surface area contributed by atoms with Crippen LogP contribution in [0.1, 0.15) is 10.4 Å². The molecule has 3 aromatic rings. The Labute approximate surface area is 148 Å². The summed E-state index contributed by atoms with van der Waals surface area (Å²) in [6.07, 6.45) is 1.77. The van der Waals surface area contributed by atoms with Gasteiger partial charge in [0.1, 0.15) is 5.01 Å². The van der Waals surface area contributed by atoms with Crippen LogP contribution in [-0.2, 0) is 0 Å². The molecule has 0 aliphatic heterocycles. The Hall–Kier alpha value is -2.62. The van der Waals surface area contributed by atoms with Gasteiger partial charge in [0, 0.05) is 27.7 Å². The highest BCUT2D eigenvalue weighted by atomic mass is 32.2. The van der Waals surface area contributed by atoms with Crippen LogP contribution < -0.4 is 5.32 Å². The zero-order valence-electron chi connectivity index (χ0n) is 12.6. The first-order valence-corrected chi connectivity index (χ1v) is 9.04. The van der Waals surface area contributed by atoms with Gasteiger partial charge in [-0.25, -0.2) is 4.98 Å². The molecule has 0 saturated heterocycles. The van der Waals surface area contributed by atoms with Crippen LogP contribution in [0.5, 0.6) is 0 Å². The summed E-state index contributed by atoms with van der Waals surface area (Å²) in [5, 5.41) is 14.5. The Bertz CT molecular complexity index is 868. The largest absolute Gasteiger partial charge is 0.322 e. The molecule has 2 aromatic carbocycles. The second-order valence-electron chi connectivity index (χ2n) is 4.81. The molecular weight excluding hydrogens is 338 g/mol. The van der Waals surface area contributed by atoms with E-state index in [0.717, 1.165) is 21.2 Å². The van der Waals surface area contributed by atoms with E-state index in [-0.39, 0.29) is 5.91 Å². The van der Waals surface area contributed by atoms with Crippen LogP contribution >= 0.6 is 23.1 Å². The first-order chi connectivity index (χ1) is 11.8. The van der Waals surface area contributed by atoms with E-state index in [0.29, 0.717) is 11.3 Å². The highest BCUT2D eigenvalue weighted by molar-refractivity contribution is 7.99. The maximum absolute atomic E-state index is 12.5. The summed E-state index contributed by atoms with van der Waals surface area (Å²) < 4.78 is 0. The minimum absolute atomic E-state index is 0.182. The Morgan fingerprint density at radius 1 is 1.21 bits per heavy atom. The summed E-state index contributed by atoms with van der Waals surface area (Å²) in [5.74, 6) is 0.130. The highest BCUT2D eigenvalue weighted by Crippen LogP contribution is 2.25. The molecule has 3 rings (SSSR count). The smallest absolute Gasteiger partial charge is 0.256 e. The number of benzene rings is 2. The van der Waals surface area contributed by atoms with Crippen LogP contribution in [0, 0.1) is 11.3 Å². The second kappa shape index (κ2) is 7.77. The number of nitrogens with zero attached hydrogens (tertiary/aromatic N) is 2. The molecule has 0 saturated carbocycles. The van der Waals surface area contributed by atoms with E-state index >= 15 is 0 Å². The summed E-state index contributed by atoms with van der Waals surface area (Å²) in [6.45, 7) is 0. The summed E-state index contributed by atoms with van der Waals surface area (Å²) in [7, 11) is 0. The molecule has 0 spiro atoms. The van der Waals surface area contributed by atoms with Crippen molar-refractivity contribution < 1.29 is 4.79 Å². The fourth-order valence-electron chi connectivity index (χ4n) is 2.15. The van der Waals surface area contributed by atoms with E-state index in [1.807, 2.05) is 47.8 Å². The van der Waals surface area contributed by atoms with Gasteiger partial charge in [0.2, 0.25) is 0 Å². The molecular formula is C18H13N3OS2. The molecule has 6 heteroatoms.